The number of likely N-dealkylation sites (tertiary alicyclic amines) is 1. The summed E-state index contributed by atoms with van der Waals surface area (Å²) < 4.78 is 53.9. The molecule has 0 bridgehead atoms. The Balaban J connectivity index is 1.63. The molecule has 0 radical (unpaired) electrons. The maximum absolute atomic E-state index is 13.5. The Hall–Kier alpha value is -3.26. The van der Waals surface area contributed by atoms with Gasteiger partial charge in [-0.1, -0.05) is 38.1 Å². The van der Waals surface area contributed by atoms with Crippen LogP contribution in [0.4, 0.5) is 17.6 Å². The van der Waals surface area contributed by atoms with Crippen molar-refractivity contribution in [3.63, 3.8) is 0 Å². The lowest BCUT2D eigenvalue weighted by atomic mass is 9.87. The maximum atomic E-state index is 13.5. The van der Waals surface area contributed by atoms with E-state index in [9.17, 15) is 22.4 Å². The first-order valence-corrected chi connectivity index (χ1v) is 12.4. The zero-order valence-electron chi connectivity index (χ0n) is 21.0. The van der Waals surface area contributed by atoms with Crippen LogP contribution in [-0.4, -0.2) is 46.9 Å². The Morgan fingerprint density at radius 3 is 2.49 bits per heavy atom. The second-order valence-corrected chi connectivity index (χ2v) is 10.2. The molecule has 1 fully saturated rings. The Labute approximate surface area is 214 Å². The van der Waals surface area contributed by atoms with E-state index >= 15 is 0 Å². The van der Waals surface area contributed by atoms with E-state index in [0.717, 1.165) is 11.6 Å². The Morgan fingerprint density at radius 2 is 1.84 bits per heavy atom. The van der Waals surface area contributed by atoms with Gasteiger partial charge in [0.05, 0.1) is 5.56 Å². The van der Waals surface area contributed by atoms with Crippen molar-refractivity contribution < 1.29 is 22.4 Å². The van der Waals surface area contributed by atoms with E-state index < -0.39 is 17.6 Å². The molecule has 196 valence electrons. The third kappa shape index (κ3) is 6.95. The lowest BCUT2D eigenvalue weighted by molar-refractivity contribution is -0.137. The molecule has 1 aromatic heterocycles. The van der Waals surface area contributed by atoms with E-state index in [4.69, 9.17) is 0 Å². The Kier molecular flexibility index (Phi) is 8.27. The lowest BCUT2D eigenvalue weighted by Crippen LogP contribution is -2.39. The van der Waals surface area contributed by atoms with Gasteiger partial charge in [-0.3, -0.25) is 14.7 Å². The number of pyridine rings is 1. The summed E-state index contributed by atoms with van der Waals surface area (Å²) in [5.41, 5.74) is 1.36. The van der Waals surface area contributed by atoms with E-state index in [0.29, 0.717) is 43.9 Å². The third-order valence-electron chi connectivity index (χ3n) is 6.71. The zero-order chi connectivity index (χ0) is 26.6. The van der Waals surface area contributed by atoms with Gasteiger partial charge in [-0.15, -0.1) is 0 Å². The quantitative estimate of drug-likeness (QED) is 0.334. The molecule has 8 heteroatoms. The number of carbonyl (C=O) groups excluding carboxylic acids is 1. The first-order chi connectivity index (χ1) is 17.6. The van der Waals surface area contributed by atoms with E-state index in [-0.39, 0.29) is 23.7 Å². The molecule has 1 aliphatic heterocycles. The normalized spacial score (nSPS) is 18.4. The summed E-state index contributed by atoms with van der Waals surface area (Å²) in [5.74, 6) is -0.706. The fraction of sp³-hybridized carbons (Fsp3) is 0.379. The summed E-state index contributed by atoms with van der Waals surface area (Å²) >= 11 is 0. The number of hydrogen-bond donors (Lipinski definition) is 0. The Morgan fingerprint density at radius 1 is 1.08 bits per heavy atom. The molecule has 0 unspecified atom stereocenters. The van der Waals surface area contributed by atoms with Gasteiger partial charge in [-0.05, 0) is 59.4 Å². The van der Waals surface area contributed by atoms with Crippen molar-refractivity contribution in [1.82, 2.24) is 14.8 Å². The minimum Gasteiger partial charge on any atom is -0.338 e. The minimum atomic E-state index is -4.43. The van der Waals surface area contributed by atoms with Gasteiger partial charge < -0.3 is 4.90 Å². The van der Waals surface area contributed by atoms with Gasteiger partial charge in [-0.25, -0.2) is 4.39 Å². The van der Waals surface area contributed by atoms with E-state index in [1.54, 1.807) is 23.4 Å². The Bertz CT molecular complexity index is 1180. The monoisotopic (exact) mass is 513 g/mol. The zero-order valence-corrected chi connectivity index (χ0v) is 21.0. The number of rotatable bonds is 8. The van der Waals surface area contributed by atoms with Crippen LogP contribution in [0.2, 0.25) is 0 Å². The van der Waals surface area contributed by atoms with Crippen LogP contribution in [0.25, 0.3) is 0 Å². The summed E-state index contributed by atoms with van der Waals surface area (Å²) in [6.45, 7) is 6.72. The number of amides is 1. The van der Waals surface area contributed by atoms with Gasteiger partial charge in [0.15, 0.2) is 0 Å². The molecule has 2 aromatic carbocycles. The van der Waals surface area contributed by atoms with Crippen molar-refractivity contribution in [2.24, 2.45) is 11.8 Å². The molecule has 3 aromatic rings. The molecule has 1 aliphatic rings. The first-order valence-electron chi connectivity index (χ1n) is 12.4. The number of benzene rings is 2. The minimum absolute atomic E-state index is 0.0803. The van der Waals surface area contributed by atoms with Crippen LogP contribution < -0.4 is 0 Å². The predicted octanol–water partition coefficient (Wildman–Crippen LogP) is 6.25. The molecule has 0 aliphatic carbocycles. The summed E-state index contributed by atoms with van der Waals surface area (Å²) in [4.78, 5) is 21.6. The van der Waals surface area contributed by atoms with Crippen molar-refractivity contribution in [2.45, 2.75) is 32.5 Å². The molecule has 4 nitrogen and oxygen atoms in total. The van der Waals surface area contributed by atoms with Crippen LogP contribution in [0, 0.1) is 17.7 Å². The number of alkyl halides is 3. The highest BCUT2D eigenvalue weighted by atomic mass is 19.4. The smallest absolute Gasteiger partial charge is 0.338 e. The summed E-state index contributed by atoms with van der Waals surface area (Å²) in [5, 5.41) is 0. The summed E-state index contributed by atoms with van der Waals surface area (Å²) in [6.07, 6.45) is -0.940. The topological polar surface area (TPSA) is 36.4 Å². The third-order valence-corrected chi connectivity index (χ3v) is 6.71. The van der Waals surface area contributed by atoms with Gasteiger partial charge in [0.25, 0.3) is 5.91 Å². The van der Waals surface area contributed by atoms with Crippen LogP contribution in [0.5, 0.6) is 0 Å². The van der Waals surface area contributed by atoms with Crippen LogP contribution >= 0.6 is 0 Å². The number of aromatic nitrogens is 1. The van der Waals surface area contributed by atoms with Crippen LogP contribution in [0.15, 0.2) is 73.1 Å². The van der Waals surface area contributed by atoms with Crippen LogP contribution in [-0.2, 0) is 12.7 Å². The van der Waals surface area contributed by atoms with Crippen molar-refractivity contribution in [3.8, 4) is 0 Å². The standard InChI is InChI=1S/C29H31F4N3O/c1-20(2)15-36(28(37)22-8-10-26(30)11-9-22)18-24-17-35(16-21-5-4-12-34-14-21)19-27(24)23-6-3-7-25(13-23)29(31,32)33/h3-14,20,24,27H,15-19H2,1-2H3/t24-,27+/m1/s1. The van der Waals surface area contributed by atoms with Gasteiger partial charge in [0.1, 0.15) is 5.82 Å². The number of nitrogens with zero attached hydrogens (tertiary/aromatic N) is 3. The van der Waals surface area contributed by atoms with E-state index in [1.807, 2.05) is 26.0 Å². The number of carbonyl (C=O) groups is 1. The second-order valence-electron chi connectivity index (χ2n) is 10.2. The van der Waals surface area contributed by atoms with E-state index in [1.165, 1.54) is 36.4 Å². The highest BCUT2D eigenvalue weighted by Gasteiger charge is 2.38. The fourth-order valence-electron chi connectivity index (χ4n) is 5.09. The molecule has 1 amide bonds. The molecule has 4 rings (SSSR count). The van der Waals surface area contributed by atoms with Crippen molar-refractivity contribution in [3.05, 3.63) is 101 Å². The molecule has 1 saturated heterocycles. The van der Waals surface area contributed by atoms with Gasteiger partial charge in [0.2, 0.25) is 0 Å². The largest absolute Gasteiger partial charge is 0.416 e. The fourth-order valence-corrected chi connectivity index (χ4v) is 5.09. The molecule has 2 atom stereocenters. The number of halogens is 4. The molecule has 0 N–H and O–H groups in total. The summed E-state index contributed by atoms with van der Waals surface area (Å²) in [7, 11) is 0. The molecular weight excluding hydrogens is 482 g/mol. The molecule has 0 spiro atoms. The van der Waals surface area contributed by atoms with Crippen molar-refractivity contribution >= 4 is 5.91 Å². The van der Waals surface area contributed by atoms with Gasteiger partial charge in [-0.2, -0.15) is 13.2 Å². The molecule has 2 heterocycles. The summed E-state index contributed by atoms with van der Waals surface area (Å²) in [6, 6.07) is 14.8. The maximum Gasteiger partial charge on any atom is 0.416 e. The van der Waals surface area contributed by atoms with Crippen LogP contribution in [0.3, 0.4) is 0 Å². The second kappa shape index (κ2) is 11.4. The van der Waals surface area contributed by atoms with Crippen molar-refractivity contribution in [1.29, 1.82) is 0 Å². The molecule has 37 heavy (non-hydrogen) atoms. The lowest BCUT2D eigenvalue weighted by Gasteiger charge is -2.30. The number of hydrogen-bond acceptors (Lipinski definition) is 3. The van der Waals surface area contributed by atoms with Gasteiger partial charge in [0, 0.05) is 56.6 Å². The molecular formula is C29H31F4N3O. The van der Waals surface area contributed by atoms with Crippen LogP contribution in [0.1, 0.15) is 46.8 Å². The highest BCUT2D eigenvalue weighted by molar-refractivity contribution is 5.94. The van der Waals surface area contributed by atoms with E-state index in [2.05, 4.69) is 9.88 Å². The van der Waals surface area contributed by atoms with Gasteiger partial charge >= 0.3 is 6.18 Å². The highest BCUT2D eigenvalue weighted by Crippen LogP contribution is 2.37. The molecule has 0 saturated carbocycles. The average molecular weight is 514 g/mol. The SMILES string of the molecule is CC(C)CN(C[C@H]1CN(Cc2cccnc2)C[C@H]1c1cccc(C(F)(F)F)c1)C(=O)c1ccc(F)cc1. The average Bonchev–Trinajstić information content (AvgIpc) is 3.25. The predicted molar refractivity (Wildman–Crippen MR) is 134 cm³/mol. The van der Waals surface area contributed by atoms with Crippen molar-refractivity contribution in [2.75, 3.05) is 26.2 Å². The first kappa shape index (κ1) is 26.8.